The van der Waals surface area contributed by atoms with Crippen molar-refractivity contribution < 1.29 is 8.78 Å². The molecule has 1 fully saturated rings. The van der Waals surface area contributed by atoms with Crippen LogP contribution < -0.4 is 5.32 Å². The molecule has 1 aliphatic rings. The van der Waals surface area contributed by atoms with E-state index in [1.807, 2.05) is 7.05 Å². The van der Waals surface area contributed by atoms with Crippen LogP contribution in [0.1, 0.15) is 44.6 Å². The summed E-state index contributed by atoms with van der Waals surface area (Å²) in [6.45, 7) is 3.82. The molecule has 0 radical (unpaired) electrons. The Balaban J connectivity index is 1.83. The summed E-state index contributed by atoms with van der Waals surface area (Å²) in [4.78, 5) is 2.20. The molecule has 1 aliphatic carbocycles. The molecule has 0 amide bonds. The topological polar surface area (TPSA) is 15.3 Å². The average molecular weight is 296 g/mol. The third kappa shape index (κ3) is 4.75. The van der Waals surface area contributed by atoms with E-state index in [0.717, 1.165) is 25.5 Å². The SMILES string of the molecule is CCCNC1CCC(N(C)Cc2ccc(F)cc2F)CC1. The van der Waals surface area contributed by atoms with Crippen molar-refractivity contribution in [3.05, 3.63) is 35.4 Å². The fourth-order valence-corrected chi connectivity index (χ4v) is 3.12. The lowest BCUT2D eigenvalue weighted by atomic mass is 9.90. The number of hydrogen-bond donors (Lipinski definition) is 1. The second-order valence-corrected chi connectivity index (χ2v) is 6.11. The monoisotopic (exact) mass is 296 g/mol. The first-order valence-corrected chi connectivity index (χ1v) is 7.97. The summed E-state index contributed by atoms with van der Waals surface area (Å²) < 4.78 is 26.6. The maximum atomic E-state index is 13.7. The Morgan fingerprint density at radius 3 is 2.52 bits per heavy atom. The maximum absolute atomic E-state index is 13.7. The first-order chi connectivity index (χ1) is 10.1. The third-order valence-electron chi connectivity index (χ3n) is 4.44. The van der Waals surface area contributed by atoms with Crippen LogP contribution in [0.25, 0.3) is 0 Å². The molecular formula is C17H26F2N2. The predicted molar refractivity (Wildman–Crippen MR) is 82.2 cm³/mol. The first kappa shape index (κ1) is 16.4. The molecule has 0 saturated heterocycles. The van der Waals surface area contributed by atoms with Gasteiger partial charge in [-0.05, 0) is 51.8 Å². The minimum Gasteiger partial charge on any atom is -0.314 e. The van der Waals surface area contributed by atoms with Crippen LogP contribution >= 0.6 is 0 Å². The molecule has 0 bridgehead atoms. The first-order valence-electron chi connectivity index (χ1n) is 7.97. The van der Waals surface area contributed by atoms with Crippen molar-refractivity contribution in [2.75, 3.05) is 13.6 Å². The van der Waals surface area contributed by atoms with Crippen LogP contribution in [-0.2, 0) is 6.54 Å². The second kappa shape index (κ2) is 7.85. The quantitative estimate of drug-likeness (QED) is 0.861. The van der Waals surface area contributed by atoms with E-state index in [1.54, 1.807) is 6.07 Å². The van der Waals surface area contributed by atoms with Crippen LogP contribution in [0.2, 0.25) is 0 Å². The smallest absolute Gasteiger partial charge is 0.130 e. The van der Waals surface area contributed by atoms with Gasteiger partial charge in [-0.3, -0.25) is 4.90 Å². The van der Waals surface area contributed by atoms with Crippen molar-refractivity contribution in [1.29, 1.82) is 0 Å². The van der Waals surface area contributed by atoms with E-state index in [0.29, 0.717) is 24.2 Å². The molecule has 1 aromatic rings. The van der Waals surface area contributed by atoms with Crippen LogP contribution in [-0.4, -0.2) is 30.6 Å². The van der Waals surface area contributed by atoms with Gasteiger partial charge in [-0.1, -0.05) is 13.0 Å². The molecular weight excluding hydrogens is 270 g/mol. The summed E-state index contributed by atoms with van der Waals surface area (Å²) in [7, 11) is 2.03. The van der Waals surface area contributed by atoms with E-state index < -0.39 is 11.6 Å². The van der Waals surface area contributed by atoms with Crippen LogP contribution in [0.15, 0.2) is 18.2 Å². The number of hydrogen-bond acceptors (Lipinski definition) is 2. The minimum absolute atomic E-state index is 0.444. The predicted octanol–water partition coefficient (Wildman–Crippen LogP) is 3.71. The van der Waals surface area contributed by atoms with Gasteiger partial charge in [0.2, 0.25) is 0 Å². The summed E-state index contributed by atoms with van der Waals surface area (Å²) in [5.41, 5.74) is 0.574. The highest BCUT2D eigenvalue weighted by molar-refractivity contribution is 5.18. The molecule has 0 unspecified atom stereocenters. The van der Waals surface area contributed by atoms with Crippen LogP contribution in [0.5, 0.6) is 0 Å². The molecule has 0 spiro atoms. The van der Waals surface area contributed by atoms with E-state index in [4.69, 9.17) is 0 Å². The Hall–Kier alpha value is -1.00. The van der Waals surface area contributed by atoms with Crippen molar-refractivity contribution in [2.45, 2.75) is 57.7 Å². The zero-order valence-electron chi connectivity index (χ0n) is 13.0. The largest absolute Gasteiger partial charge is 0.314 e. The molecule has 4 heteroatoms. The molecule has 2 nitrogen and oxygen atoms in total. The van der Waals surface area contributed by atoms with Crippen LogP contribution in [0.4, 0.5) is 8.78 Å². The number of nitrogens with one attached hydrogen (secondary N) is 1. The molecule has 0 heterocycles. The lowest BCUT2D eigenvalue weighted by Crippen LogP contribution is -2.40. The van der Waals surface area contributed by atoms with Crippen molar-refractivity contribution in [2.24, 2.45) is 0 Å². The number of halogens is 2. The number of benzene rings is 1. The van der Waals surface area contributed by atoms with Gasteiger partial charge in [-0.25, -0.2) is 8.78 Å². The minimum atomic E-state index is -0.513. The highest BCUT2D eigenvalue weighted by Gasteiger charge is 2.24. The fourth-order valence-electron chi connectivity index (χ4n) is 3.12. The average Bonchev–Trinajstić information content (AvgIpc) is 2.48. The van der Waals surface area contributed by atoms with Gasteiger partial charge in [0.15, 0.2) is 0 Å². The van der Waals surface area contributed by atoms with E-state index in [1.165, 1.54) is 25.3 Å². The van der Waals surface area contributed by atoms with E-state index in [2.05, 4.69) is 17.1 Å². The standard InChI is InChI=1S/C17H26F2N2/c1-3-10-20-15-6-8-16(9-7-15)21(2)12-13-4-5-14(18)11-17(13)19/h4-5,11,15-16,20H,3,6-10,12H2,1-2H3. The number of rotatable bonds is 6. The van der Waals surface area contributed by atoms with Crippen molar-refractivity contribution in [3.63, 3.8) is 0 Å². The molecule has 1 saturated carbocycles. The van der Waals surface area contributed by atoms with E-state index in [-0.39, 0.29) is 0 Å². The van der Waals surface area contributed by atoms with E-state index in [9.17, 15) is 8.78 Å². The van der Waals surface area contributed by atoms with Gasteiger partial charge in [-0.15, -0.1) is 0 Å². The molecule has 0 atom stereocenters. The van der Waals surface area contributed by atoms with Gasteiger partial charge >= 0.3 is 0 Å². The zero-order valence-corrected chi connectivity index (χ0v) is 13.0. The maximum Gasteiger partial charge on any atom is 0.130 e. The Morgan fingerprint density at radius 1 is 1.19 bits per heavy atom. The van der Waals surface area contributed by atoms with Gasteiger partial charge in [-0.2, -0.15) is 0 Å². The summed E-state index contributed by atoms with van der Waals surface area (Å²) in [5, 5.41) is 3.58. The zero-order chi connectivity index (χ0) is 15.2. The third-order valence-corrected chi connectivity index (χ3v) is 4.44. The van der Waals surface area contributed by atoms with Gasteiger partial charge in [0.1, 0.15) is 11.6 Å². The molecule has 0 aromatic heterocycles. The van der Waals surface area contributed by atoms with Gasteiger partial charge in [0.25, 0.3) is 0 Å². The Kier molecular flexibility index (Phi) is 6.12. The summed E-state index contributed by atoms with van der Waals surface area (Å²) >= 11 is 0. The molecule has 2 rings (SSSR count). The Morgan fingerprint density at radius 2 is 1.90 bits per heavy atom. The lowest BCUT2D eigenvalue weighted by molar-refractivity contribution is 0.166. The second-order valence-electron chi connectivity index (χ2n) is 6.11. The highest BCUT2D eigenvalue weighted by atomic mass is 19.1. The number of nitrogens with zero attached hydrogens (tertiary/aromatic N) is 1. The Labute approximate surface area is 126 Å². The van der Waals surface area contributed by atoms with Crippen LogP contribution in [0, 0.1) is 11.6 Å². The van der Waals surface area contributed by atoms with Crippen molar-refractivity contribution in [1.82, 2.24) is 10.2 Å². The van der Waals surface area contributed by atoms with Crippen molar-refractivity contribution in [3.8, 4) is 0 Å². The Bertz CT molecular complexity index is 442. The molecule has 1 N–H and O–H groups in total. The molecule has 118 valence electrons. The van der Waals surface area contributed by atoms with Gasteiger partial charge < -0.3 is 5.32 Å². The molecule has 0 aliphatic heterocycles. The molecule has 21 heavy (non-hydrogen) atoms. The highest BCUT2D eigenvalue weighted by Crippen LogP contribution is 2.24. The van der Waals surface area contributed by atoms with Crippen LogP contribution in [0.3, 0.4) is 0 Å². The summed E-state index contributed by atoms with van der Waals surface area (Å²) in [6.07, 6.45) is 5.81. The molecule has 1 aromatic carbocycles. The van der Waals surface area contributed by atoms with Gasteiger partial charge in [0, 0.05) is 30.3 Å². The summed E-state index contributed by atoms with van der Waals surface area (Å²) in [5.74, 6) is -0.957. The lowest BCUT2D eigenvalue weighted by Gasteiger charge is -2.35. The fraction of sp³-hybridized carbons (Fsp3) is 0.647. The van der Waals surface area contributed by atoms with E-state index >= 15 is 0 Å². The van der Waals surface area contributed by atoms with Crippen molar-refractivity contribution >= 4 is 0 Å². The summed E-state index contributed by atoms with van der Waals surface area (Å²) in [6, 6.07) is 4.98. The van der Waals surface area contributed by atoms with Gasteiger partial charge in [0.05, 0.1) is 0 Å². The normalized spacial score (nSPS) is 22.7.